The maximum atomic E-state index is 5.18. The molecule has 2 aromatic carbocycles. The molecule has 0 atom stereocenters. The van der Waals surface area contributed by atoms with Gasteiger partial charge in [-0.2, -0.15) is 5.10 Å². The molecule has 0 amide bonds. The maximum Gasteiger partial charge on any atom is 0.194 e. The Morgan fingerprint density at radius 2 is 1.85 bits per heavy atom. The van der Waals surface area contributed by atoms with Crippen LogP contribution < -0.4 is 10.1 Å². The molecule has 7 nitrogen and oxygen atoms in total. The average Bonchev–Trinajstić information content (AvgIpc) is 3.17. The predicted octanol–water partition coefficient (Wildman–Crippen LogP) is 2.69. The van der Waals surface area contributed by atoms with Gasteiger partial charge in [0.2, 0.25) is 0 Å². The van der Waals surface area contributed by atoms with E-state index in [9.17, 15) is 0 Å². The summed E-state index contributed by atoms with van der Waals surface area (Å²) >= 11 is 0. The minimum Gasteiger partial charge on any atom is -0.497 e. The van der Waals surface area contributed by atoms with Crippen LogP contribution >= 0.6 is 0 Å². The summed E-state index contributed by atoms with van der Waals surface area (Å²) in [5, 5.41) is 10.6. The van der Waals surface area contributed by atoms with Crippen LogP contribution in [0.15, 0.2) is 59.6 Å². The molecule has 140 valence electrons. The summed E-state index contributed by atoms with van der Waals surface area (Å²) in [7, 11) is 5.56. The number of aliphatic imine (C=N–C) groups is 1. The van der Waals surface area contributed by atoms with Crippen molar-refractivity contribution in [2.45, 2.75) is 13.1 Å². The Balaban J connectivity index is 1.63. The van der Waals surface area contributed by atoms with Gasteiger partial charge in [0.05, 0.1) is 20.2 Å². The summed E-state index contributed by atoms with van der Waals surface area (Å²) in [5.41, 5.74) is 2.10. The number of nitrogens with one attached hydrogen (secondary N) is 2. The number of ether oxygens (including phenoxy) is 1. The van der Waals surface area contributed by atoms with Crippen LogP contribution in [0.4, 0.5) is 0 Å². The number of rotatable bonds is 6. The van der Waals surface area contributed by atoms with E-state index in [-0.39, 0.29) is 0 Å². The molecule has 0 spiro atoms. The Kier molecular flexibility index (Phi) is 6.04. The molecule has 0 aliphatic carbocycles. The Morgan fingerprint density at radius 1 is 1.11 bits per heavy atom. The molecular formula is C20H24N6O. The van der Waals surface area contributed by atoms with E-state index in [1.165, 1.54) is 5.56 Å². The van der Waals surface area contributed by atoms with Crippen LogP contribution in [-0.2, 0) is 13.1 Å². The molecule has 0 aliphatic rings. The molecule has 1 heterocycles. The fourth-order valence-electron chi connectivity index (χ4n) is 2.51. The van der Waals surface area contributed by atoms with E-state index in [0.717, 1.165) is 23.1 Å². The Morgan fingerprint density at radius 3 is 2.52 bits per heavy atom. The first-order valence-corrected chi connectivity index (χ1v) is 8.71. The molecule has 0 saturated carbocycles. The zero-order valence-corrected chi connectivity index (χ0v) is 15.8. The molecule has 0 bridgehead atoms. The molecule has 27 heavy (non-hydrogen) atoms. The highest BCUT2D eigenvalue weighted by molar-refractivity contribution is 5.79. The lowest BCUT2D eigenvalue weighted by molar-refractivity contribution is 0.415. The zero-order valence-electron chi connectivity index (χ0n) is 15.8. The zero-order chi connectivity index (χ0) is 19.1. The van der Waals surface area contributed by atoms with E-state index in [4.69, 9.17) is 4.74 Å². The summed E-state index contributed by atoms with van der Waals surface area (Å²) in [6.45, 7) is 1.13. The smallest absolute Gasteiger partial charge is 0.194 e. The summed E-state index contributed by atoms with van der Waals surface area (Å²) in [6, 6.07) is 17.8. The predicted molar refractivity (Wildman–Crippen MR) is 106 cm³/mol. The first kappa shape index (κ1) is 18.4. The quantitative estimate of drug-likeness (QED) is 0.519. The number of H-pyrrole nitrogens is 1. The van der Waals surface area contributed by atoms with Crippen LogP contribution in [0.25, 0.3) is 11.4 Å². The number of guanidine groups is 1. The van der Waals surface area contributed by atoms with E-state index < -0.39 is 0 Å². The number of aromatic nitrogens is 3. The number of hydrogen-bond donors (Lipinski definition) is 2. The van der Waals surface area contributed by atoms with Crippen molar-refractivity contribution in [3.05, 3.63) is 66.0 Å². The lowest BCUT2D eigenvalue weighted by Gasteiger charge is -2.16. The summed E-state index contributed by atoms with van der Waals surface area (Å²) in [4.78, 5) is 11.1. The van der Waals surface area contributed by atoms with Crippen molar-refractivity contribution in [3.63, 3.8) is 0 Å². The third-order valence-corrected chi connectivity index (χ3v) is 3.97. The molecule has 7 heteroatoms. The monoisotopic (exact) mass is 364 g/mol. The molecule has 0 aliphatic heterocycles. The molecule has 0 unspecified atom stereocenters. The van der Waals surface area contributed by atoms with Crippen molar-refractivity contribution in [3.8, 4) is 17.1 Å². The van der Waals surface area contributed by atoms with Gasteiger partial charge in [0.25, 0.3) is 0 Å². The van der Waals surface area contributed by atoms with Gasteiger partial charge in [-0.1, -0.05) is 30.3 Å². The van der Waals surface area contributed by atoms with Crippen LogP contribution in [0.2, 0.25) is 0 Å². The van der Waals surface area contributed by atoms with E-state index in [0.29, 0.717) is 18.9 Å². The molecule has 0 saturated heterocycles. The van der Waals surface area contributed by atoms with E-state index >= 15 is 0 Å². The summed E-state index contributed by atoms with van der Waals surface area (Å²) < 4.78 is 5.18. The number of aromatic amines is 1. The van der Waals surface area contributed by atoms with Crippen LogP contribution in [0.3, 0.4) is 0 Å². The first-order valence-electron chi connectivity index (χ1n) is 8.71. The van der Waals surface area contributed by atoms with Crippen molar-refractivity contribution in [2.24, 2.45) is 4.99 Å². The average molecular weight is 364 g/mol. The third-order valence-electron chi connectivity index (χ3n) is 3.97. The Bertz CT molecular complexity index is 871. The lowest BCUT2D eigenvalue weighted by Crippen LogP contribution is -2.36. The van der Waals surface area contributed by atoms with E-state index in [2.05, 4.69) is 37.6 Å². The maximum absolute atomic E-state index is 5.18. The number of hydrogen-bond acceptors (Lipinski definition) is 4. The first-order chi connectivity index (χ1) is 13.2. The SMILES string of the molecule is COc1ccc(-c2n[nH]c(CNC(=NCc3ccccc3)N(C)C)n2)cc1. The largest absolute Gasteiger partial charge is 0.497 e. The number of benzene rings is 2. The highest BCUT2D eigenvalue weighted by Gasteiger charge is 2.08. The Hall–Kier alpha value is -3.35. The highest BCUT2D eigenvalue weighted by Crippen LogP contribution is 2.18. The fourth-order valence-corrected chi connectivity index (χ4v) is 2.51. The van der Waals surface area contributed by atoms with E-state index in [1.807, 2.05) is 61.5 Å². The van der Waals surface area contributed by atoms with Crippen LogP contribution in [0, 0.1) is 0 Å². The van der Waals surface area contributed by atoms with Crippen LogP contribution in [-0.4, -0.2) is 47.2 Å². The second-order valence-electron chi connectivity index (χ2n) is 6.21. The van der Waals surface area contributed by atoms with Gasteiger partial charge < -0.3 is 15.0 Å². The number of nitrogens with zero attached hydrogens (tertiary/aromatic N) is 4. The molecule has 1 aromatic heterocycles. The van der Waals surface area contributed by atoms with Crippen LogP contribution in [0.5, 0.6) is 5.75 Å². The van der Waals surface area contributed by atoms with Gasteiger partial charge in [0, 0.05) is 19.7 Å². The molecule has 3 rings (SSSR count). The highest BCUT2D eigenvalue weighted by atomic mass is 16.5. The van der Waals surface area contributed by atoms with Gasteiger partial charge in [-0.15, -0.1) is 0 Å². The molecule has 0 radical (unpaired) electrons. The fraction of sp³-hybridized carbons (Fsp3) is 0.250. The van der Waals surface area contributed by atoms with Gasteiger partial charge in [-0.3, -0.25) is 5.10 Å². The van der Waals surface area contributed by atoms with Gasteiger partial charge in [-0.05, 0) is 29.8 Å². The van der Waals surface area contributed by atoms with Crippen molar-refractivity contribution in [2.75, 3.05) is 21.2 Å². The van der Waals surface area contributed by atoms with Crippen molar-refractivity contribution >= 4 is 5.96 Å². The summed E-state index contributed by atoms with van der Waals surface area (Å²) in [6.07, 6.45) is 0. The lowest BCUT2D eigenvalue weighted by atomic mass is 10.2. The van der Waals surface area contributed by atoms with Crippen LogP contribution in [0.1, 0.15) is 11.4 Å². The molecule has 0 fully saturated rings. The molecular weight excluding hydrogens is 340 g/mol. The molecule has 3 aromatic rings. The van der Waals surface area contributed by atoms with Gasteiger partial charge in [-0.25, -0.2) is 9.98 Å². The topological polar surface area (TPSA) is 78.4 Å². The Labute approximate surface area is 159 Å². The van der Waals surface area contributed by atoms with Crippen molar-refractivity contribution < 1.29 is 4.74 Å². The van der Waals surface area contributed by atoms with Crippen molar-refractivity contribution in [1.82, 2.24) is 25.4 Å². The normalized spacial score (nSPS) is 11.3. The van der Waals surface area contributed by atoms with Gasteiger partial charge in [0.1, 0.15) is 11.6 Å². The van der Waals surface area contributed by atoms with Crippen molar-refractivity contribution in [1.29, 1.82) is 0 Å². The second kappa shape index (κ2) is 8.84. The van der Waals surface area contributed by atoms with Gasteiger partial charge in [0.15, 0.2) is 11.8 Å². The van der Waals surface area contributed by atoms with Gasteiger partial charge >= 0.3 is 0 Å². The minimum absolute atomic E-state index is 0.509. The second-order valence-corrected chi connectivity index (χ2v) is 6.21. The minimum atomic E-state index is 0.509. The standard InChI is InChI=1S/C20H24N6O/c1-26(2)20(21-13-15-7-5-4-6-8-15)22-14-18-23-19(25-24-18)16-9-11-17(27-3)12-10-16/h4-12H,13-14H2,1-3H3,(H,21,22)(H,23,24,25). The number of methoxy groups -OCH3 is 1. The third kappa shape index (κ3) is 5.07. The molecule has 2 N–H and O–H groups in total. The van der Waals surface area contributed by atoms with E-state index in [1.54, 1.807) is 7.11 Å². The summed E-state index contributed by atoms with van der Waals surface area (Å²) in [5.74, 6) is 3.00.